The second-order valence-electron chi connectivity index (χ2n) is 11.2. The van der Waals surface area contributed by atoms with Crippen LogP contribution in [0.5, 0.6) is 5.75 Å². The predicted octanol–water partition coefficient (Wildman–Crippen LogP) is 7.81. The molecule has 0 saturated heterocycles. The summed E-state index contributed by atoms with van der Waals surface area (Å²) in [6.45, 7) is 0.489. The van der Waals surface area contributed by atoms with E-state index in [1.54, 1.807) is 0 Å². The summed E-state index contributed by atoms with van der Waals surface area (Å²) in [7, 11) is 0. The Hall–Kier alpha value is -4.52. The van der Waals surface area contributed by atoms with E-state index in [1.807, 2.05) is 47.0 Å². The summed E-state index contributed by atoms with van der Waals surface area (Å²) in [6, 6.07) is 39.2. The third-order valence-electron chi connectivity index (χ3n) is 8.51. The first-order valence-corrected chi connectivity index (χ1v) is 16.3. The number of halogens is 1. The third-order valence-corrected chi connectivity index (χ3v) is 10.0. The van der Waals surface area contributed by atoms with Crippen LogP contribution in [0.25, 0.3) is 22.5 Å². The molecule has 0 spiro atoms. The minimum atomic E-state index is -0.185. The van der Waals surface area contributed by atoms with Crippen LogP contribution in [0.1, 0.15) is 40.3 Å². The van der Waals surface area contributed by atoms with Crippen molar-refractivity contribution in [2.45, 2.75) is 25.5 Å². The lowest BCUT2D eigenvalue weighted by molar-refractivity contribution is 0.307. The summed E-state index contributed by atoms with van der Waals surface area (Å²) in [5.41, 5.74) is 7.89. The normalized spacial score (nSPS) is 15.8. The molecule has 2 heterocycles. The van der Waals surface area contributed by atoms with Crippen LogP contribution in [0.2, 0.25) is 0 Å². The van der Waals surface area contributed by atoms with Crippen molar-refractivity contribution in [1.82, 2.24) is 4.57 Å². The molecule has 0 N–H and O–H groups in total. The lowest BCUT2D eigenvalue weighted by atomic mass is 9.83. The van der Waals surface area contributed by atoms with Gasteiger partial charge >= 0.3 is 0 Å². The molecular weight excluding hydrogens is 628 g/mol. The van der Waals surface area contributed by atoms with E-state index in [2.05, 4.69) is 94.8 Å². The molecule has 6 heteroatoms. The zero-order valence-corrected chi connectivity index (χ0v) is 26.1. The molecule has 0 saturated carbocycles. The number of hydrogen-bond acceptors (Lipinski definition) is 4. The molecule has 1 aliphatic heterocycles. The van der Waals surface area contributed by atoms with Gasteiger partial charge < -0.3 is 4.74 Å². The average molecular weight is 656 g/mol. The van der Waals surface area contributed by atoms with E-state index in [4.69, 9.17) is 9.73 Å². The maximum atomic E-state index is 14.0. The topological polar surface area (TPSA) is 43.6 Å². The smallest absolute Gasteiger partial charge is 0.271 e. The van der Waals surface area contributed by atoms with Gasteiger partial charge in [-0.2, -0.15) is 0 Å². The van der Waals surface area contributed by atoms with Crippen molar-refractivity contribution in [3.05, 3.63) is 173 Å². The predicted molar refractivity (Wildman–Crippen MR) is 182 cm³/mol. The van der Waals surface area contributed by atoms with Crippen molar-refractivity contribution in [1.29, 1.82) is 0 Å². The molecule has 1 aliphatic carbocycles. The standard InChI is InChI=1S/C38H27BrN2O2S/c39-29-17-14-27(15-18-29)36-33-21-16-26-7-2-4-11-32(26)35(33)40-38-41(36)37(42)34(44-38)22-24-12-19-30(20-13-24)43-23-28-9-5-8-25-6-1-3-10-31(25)28/h1-15,17-20,22,36H,16,21,23H2/b34-22+/t36-/m1/s1. The van der Waals surface area contributed by atoms with Crippen molar-refractivity contribution in [3.8, 4) is 5.75 Å². The highest BCUT2D eigenvalue weighted by atomic mass is 79.9. The molecule has 0 amide bonds. The van der Waals surface area contributed by atoms with E-state index in [0.717, 1.165) is 50.3 Å². The van der Waals surface area contributed by atoms with Crippen LogP contribution >= 0.6 is 27.3 Å². The largest absolute Gasteiger partial charge is 0.489 e. The zero-order chi connectivity index (χ0) is 29.6. The van der Waals surface area contributed by atoms with Gasteiger partial charge in [-0.05, 0) is 81.8 Å². The summed E-state index contributed by atoms with van der Waals surface area (Å²) in [5, 5.41) is 2.41. The van der Waals surface area contributed by atoms with Gasteiger partial charge in [-0.3, -0.25) is 9.36 Å². The van der Waals surface area contributed by atoms with Crippen molar-refractivity contribution in [2.75, 3.05) is 0 Å². The van der Waals surface area contributed by atoms with E-state index < -0.39 is 0 Å². The summed E-state index contributed by atoms with van der Waals surface area (Å²) in [4.78, 5) is 19.9. The highest BCUT2D eigenvalue weighted by molar-refractivity contribution is 9.10. The Morgan fingerprint density at radius 2 is 1.64 bits per heavy atom. The van der Waals surface area contributed by atoms with E-state index in [9.17, 15) is 4.79 Å². The van der Waals surface area contributed by atoms with Gasteiger partial charge in [0.05, 0.1) is 16.3 Å². The summed E-state index contributed by atoms with van der Waals surface area (Å²) >= 11 is 5.03. The number of aromatic nitrogens is 1. The molecule has 5 aromatic carbocycles. The van der Waals surface area contributed by atoms with Crippen LogP contribution < -0.4 is 19.6 Å². The summed E-state index contributed by atoms with van der Waals surface area (Å²) in [5.74, 6) is 0.790. The lowest BCUT2D eigenvalue weighted by Gasteiger charge is -2.30. The maximum absolute atomic E-state index is 14.0. The van der Waals surface area contributed by atoms with Gasteiger partial charge in [0, 0.05) is 10.0 Å². The van der Waals surface area contributed by atoms with E-state index in [0.29, 0.717) is 11.1 Å². The van der Waals surface area contributed by atoms with Gasteiger partial charge in [0.15, 0.2) is 4.80 Å². The molecule has 4 nitrogen and oxygen atoms in total. The van der Waals surface area contributed by atoms with Crippen molar-refractivity contribution in [2.24, 2.45) is 4.99 Å². The number of allylic oxidation sites excluding steroid dienone is 1. The molecule has 44 heavy (non-hydrogen) atoms. The molecular formula is C38H27BrN2O2S. The highest BCUT2D eigenvalue weighted by Crippen LogP contribution is 2.41. The summed E-state index contributed by atoms with van der Waals surface area (Å²) < 4.78 is 9.73. The van der Waals surface area contributed by atoms with Crippen LogP contribution in [0.15, 0.2) is 135 Å². The van der Waals surface area contributed by atoms with Crippen molar-refractivity contribution in [3.63, 3.8) is 0 Å². The van der Waals surface area contributed by atoms with Gasteiger partial charge in [-0.15, -0.1) is 0 Å². The number of ether oxygens (including phenoxy) is 1. The van der Waals surface area contributed by atoms with E-state index >= 15 is 0 Å². The first-order valence-electron chi connectivity index (χ1n) is 14.7. The minimum Gasteiger partial charge on any atom is -0.489 e. The molecule has 214 valence electrons. The first kappa shape index (κ1) is 27.1. The van der Waals surface area contributed by atoms with Crippen LogP contribution in [-0.4, -0.2) is 4.57 Å². The quantitative estimate of drug-likeness (QED) is 0.190. The Balaban J connectivity index is 1.15. The number of hydrogen-bond donors (Lipinski definition) is 0. The summed E-state index contributed by atoms with van der Waals surface area (Å²) in [6.07, 6.45) is 3.78. The number of aryl methyl sites for hydroxylation is 1. The van der Waals surface area contributed by atoms with Gasteiger partial charge in [-0.25, -0.2) is 4.99 Å². The zero-order valence-electron chi connectivity index (χ0n) is 23.7. The Labute approximate surface area is 267 Å². The Bertz CT molecular complexity index is 2260. The fraction of sp³-hybridized carbons (Fsp3) is 0.105. The van der Waals surface area contributed by atoms with Gasteiger partial charge in [-0.1, -0.05) is 118 Å². The minimum absolute atomic E-state index is 0.0108. The molecule has 8 rings (SSSR count). The van der Waals surface area contributed by atoms with Crippen LogP contribution in [0.3, 0.4) is 0 Å². The fourth-order valence-corrected chi connectivity index (χ4v) is 7.62. The molecule has 2 aliphatic rings. The van der Waals surface area contributed by atoms with Gasteiger partial charge in [0.25, 0.3) is 5.56 Å². The second kappa shape index (κ2) is 11.2. The van der Waals surface area contributed by atoms with E-state index in [1.165, 1.54) is 38.8 Å². The van der Waals surface area contributed by atoms with Crippen LogP contribution in [0, 0.1) is 0 Å². The number of benzene rings is 5. The highest BCUT2D eigenvalue weighted by Gasteiger charge is 2.32. The second-order valence-corrected chi connectivity index (χ2v) is 13.1. The van der Waals surface area contributed by atoms with Crippen LogP contribution in [-0.2, 0) is 13.0 Å². The van der Waals surface area contributed by atoms with Crippen molar-refractivity contribution >= 4 is 49.8 Å². The monoisotopic (exact) mass is 654 g/mol. The molecule has 1 atom stereocenters. The number of fused-ring (bicyclic) bond motifs is 4. The molecule has 6 aromatic rings. The Kier molecular flexibility index (Phi) is 6.89. The van der Waals surface area contributed by atoms with Crippen molar-refractivity contribution < 1.29 is 4.74 Å². The fourth-order valence-electron chi connectivity index (χ4n) is 6.36. The SMILES string of the molecule is O=c1/c(=C\c2ccc(OCc3cccc4ccccc34)cc2)sc2n1[C@H](c1ccc(Br)cc1)C1=C(N=2)c2ccccc2CC1. The van der Waals surface area contributed by atoms with Crippen LogP contribution in [0.4, 0.5) is 0 Å². The molecule has 0 fully saturated rings. The average Bonchev–Trinajstić information content (AvgIpc) is 3.37. The molecule has 0 unspecified atom stereocenters. The Morgan fingerprint density at radius 1 is 0.864 bits per heavy atom. The van der Waals surface area contributed by atoms with Gasteiger partial charge in [0.1, 0.15) is 12.4 Å². The van der Waals surface area contributed by atoms with E-state index in [-0.39, 0.29) is 11.6 Å². The Morgan fingerprint density at radius 3 is 2.50 bits per heavy atom. The van der Waals surface area contributed by atoms with Gasteiger partial charge in [0.2, 0.25) is 0 Å². The number of nitrogens with zero attached hydrogens (tertiary/aromatic N) is 2. The third kappa shape index (κ3) is 4.84. The lowest BCUT2D eigenvalue weighted by Crippen LogP contribution is -2.38. The number of rotatable bonds is 5. The molecule has 1 aromatic heterocycles. The first-order chi connectivity index (χ1) is 21.6. The number of thiazole rings is 1. The maximum Gasteiger partial charge on any atom is 0.271 e. The molecule has 0 radical (unpaired) electrons. The molecule has 0 bridgehead atoms.